The second-order valence-corrected chi connectivity index (χ2v) is 4.92. The summed E-state index contributed by atoms with van der Waals surface area (Å²) in [7, 11) is 0. The Labute approximate surface area is 124 Å². The Kier molecular flexibility index (Phi) is 6.67. The molecule has 0 radical (unpaired) electrons. The Bertz CT molecular complexity index is 462. The summed E-state index contributed by atoms with van der Waals surface area (Å²) in [5, 5.41) is 6.04. The van der Waals surface area contributed by atoms with Crippen LogP contribution in [0, 0.1) is 0 Å². The smallest absolute Gasteiger partial charge is 0.256 e. The topological polar surface area (TPSA) is 76.3 Å². The lowest BCUT2D eigenvalue weighted by atomic mass is 10.1. The predicted molar refractivity (Wildman–Crippen MR) is 80.4 cm³/mol. The Hall–Kier alpha value is -1.40. The van der Waals surface area contributed by atoms with Crippen molar-refractivity contribution in [3.05, 3.63) is 23.9 Å². The fraction of sp³-hybridized carbons (Fsp3) is 0.500. The van der Waals surface area contributed by atoms with Gasteiger partial charge in [-0.2, -0.15) is 0 Å². The van der Waals surface area contributed by atoms with Gasteiger partial charge in [-0.3, -0.25) is 14.7 Å². The van der Waals surface area contributed by atoms with E-state index in [1.807, 2.05) is 13.8 Å². The molecule has 20 heavy (non-hydrogen) atoms. The minimum absolute atomic E-state index is 0.0444. The van der Waals surface area contributed by atoms with Crippen molar-refractivity contribution in [3.8, 4) is 0 Å². The molecular formula is C14H21N3O2S. The molecule has 0 spiro atoms. The van der Waals surface area contributed by atoms with Crippen LogP contribution in [0.3, 0.4) is 0 Å². The lowest BCUT2D eigenvalue weighted by Crippen LogP contribution is -2.39. The van der Waals surface area contributed by atoms with Crippen molar-refractivity contribution in [1.82, 2.24) is 9.88 Å². The van der Waals surface area contributed by atoms with Gasteiger partial charge in [0, 0.05) is 12.7 Å². The van der Waals surface area contributed by atoms with Gasteiger partial charge in [0.05, 0.1) is 11.6 Å². The van der Waals surface area contributed by atoms with Gasteiger partial charge in [0.1, 0.15) is 5.03 Å². The monoisotopic (exact) mass is 295 g/mol. The van der Waals surface area contributed by atoms with E-state index in [9.17, 15) is 9.59 Å². The highest BCUT2D eigenvalue weighted by Crippen LogP contribution is 2.21. The van der Waals surface area contributed by atoms with Crippen LogP contribution in [0.4, 0.5) is 0 Å². The third-order valence-electron chi connectivity index (χ3n) is 3.09. The summed E-state index contributed by atoms with van der Waals surface area (Å²) in [6.45, 7) is 6.17. The molecule has 1 aromatic rings. The van der Waals surface area contributed by atoms with Crippen molar-refractivity contribution in [3.63, 3.8) is 0 Å². The minimum atomic E-state index is -0.277. The highest BCUT2D eigenvalue weighted by molar-refractivity contribution is 7.97. The van der Waals surface area contributed by atoms with Crippen molar-refractivity contribution in [2.45, 2.75) is 44.7 Å². The molecule has 1 aliphatic heterocycles. The number of nitrogens with two attached hydrogens (primary N) is 1. The van der Waals surface area contributed by atoms with Crippen LogP contribution < -0.4 is 5.14 Å². The summed E-state index contributed by atoms with van der Waals surface area (Å²) in [4.78, 5) is 29.4. The van der Waals surface area contributed by atoms with E-state index in [1.165, 1.54) is 13.1 Å². The number of nitrogens with zero attached hydrogens (tertiary/aromatic N) is 2. The molecule has 0 saturated carbocycles. The molecule has 6 heteroatoms. The third kappa shape index (κ3) is 3.80. The maximum Gasteiger partial charge on any atom is 0.256 e. The van der Waals surface area contributed by atoms with Gasteiger partial charge in [0.25, 0.3) is 5.91 Å². The van der Waals surface area contributed by atoms with E-state index < -0.39 is 0 Å². The quantitative estimate of drug-likeness (QED) is 0.866. The number of pyridine rings is 1. The van der Waals surface area contributed by atoms with Gasteiger partial charge >= 0.3 is 0 Å². The summed E-state index contributed by atoms with van der Waals surface area (Å²) in [6.07, 6.45) is 3.14. The second kappa shape index (κ2) is 8.01. The number of carbonyl (C=O) groups excluding carboxylic acids is 2. The number of ketones is 1. The van der Waals surface area contributed by atoms with Crippen LogP contribution in [0.5, 0.6) is 0 Å². The molecular weight excluding hydrogens is 274 g/mol. The van der Waals surface area contributed by atoms with Crippen LogP contribution in [0.2, 0.25) is 0 Å². The van der Waals surface area contributed by atoms with Crippen LogP contribution in [0.25, 0.3) is 0 Å². The molecule has 2 N–H and O–H groups in total. The average Bonchev–Trinajstić information content (AvgIpc) is 2.98. The Morgan fingerprint density at radius 2 is 2.10 bits per heavy atom. The third-order valence-corrected chi connectivity index (χ3v) is 3.57. The lowest BCUT2D eigenvalue weighted by Gasteiger charge is -2.22. The van der Waals surface area contributed by atoms with Crippen LogP contribution in [-0.2, 0) is 4.79 Å². The molecule has 5 nitrogen and oxygen atoms in total. The Morgan fingerprint density at radius 1 is 1.40 bits per heavy atom. The van der Waals surface area contributed by atoms with Crippen LogP contribution in [0.15, 0.2) is 23.4 Å². The molecule has 2 heterocycles. The molecule has 1 fully saturated rings. The number of amides is 1. The first-order valence-corrected chi connectivity index (χ1v) is 7.65. The van der Waals surface area contributed by atoms with Crippen molar-refractivity contribution in [2.24, 2.45) is 5.14 Å². The van der Waals surface area contributed by atoms with Gasteiger partial charge in [-0.15, -0.1) is 0 Å². The maximum atomic E-state index is 12.3. The second-order valence-electron chi connectivity index (χ2n) is 4.27. The maximum absolute atomic E-state index is 12.3. The van der Waals surface area contributed by atoms with Crippen molar-refractivity contribution < 1.29 is 9.59 Å². The minimum Gasteiger partial charge on any atom is -0.329 e. The van der Waals surface area contributed by atoms with Gasteiger partial charge in [-0.05, 0) is 43.8 Å². The summed E-state index contributed by atoms with van der Waals surface area (Å²) in [5.41, 5.74) is 0.501. The largest absolute Gasteiger partial charge is 0.329 e. The zero-order valence-electron chi connectivity index (χ0n) is 12.1. The van der Waals surface area contributed by atoms with E-state index in [1.54, 1.807) is 17.0 Å². The molecule has 1 aromatic heterocycles. The highest BCUT2D eigenvalue weighted by atomic mass is 32.2. The van der Waals surface area contributed by atoms with E-state index in [4.69, 9.17) is 5.14 Å². The number of hydrogen-bond acceptors (Lipinski definition) is 5. The summed E-state index contributed by atoms with van der Waals surface area (Å²) < 4.78 is 0. The summed E-state index contributed by atoms with van der Waals surface area (Å²) in [5.74, 6) is -0.0864. The molecule has 1 unspecified atom stereocenters. The molecule has 1 aliphatic rings. The molecule has 1 saturated heterocycles. The number of rotatable bonds is 3. The van der Waals surface area contributed by atoms with E-state index >= 15 is 0 Å². The number of likely N-dealkylation sites (tertiary alicyclic amines) is 1. The fourth-order valence-corrected chi connectivity index (χ4v) is 2.43. The normalized spacial score (nSPS) is 17.4. The van der Waals surface area contributed by atoms with Crippen LogP contribution >= 0.6 is 11.9 Å². The van der Waals surface area contributed by atoms with Gasteiger partial charge in [-0.25, -0.2) is 4.98 Å². The SMILES string of the molecule is CC.CC(=O)C1CCCN1C(=O)c1ccc(SN)nc1. The number of carbonyl (C=O) groups is 2. The fourth-order valence-electron chi connectivity index (χ4n) is 2.17. The van der Waals surface area contributed by atoms with Gasteiger partial charge < -0.3 is 4.90 Å². The van der Waals surface area contributed by atoms with E-state index in [0.717, 1.165) is 24.8 Å². The highest BCUT2D eigenvalue weighted by Gasteiger charge is 2.32. The summed E-state index contributed by atoms with van der Waals surface area (Å²) in [6, 6.07) is 3.12. The van der Waals surface area contributed by atoms with Gasteiger partial charge in [-0.1, -0.05) is 13.8 Å². The predicted octanol–water partition coefficient (Wildman–Crippen LogP) is 2.27. The van der Waals surface area contributed by atoms with Crippen molar-refractivity contribution in [2.75, 3.05) is 6.54 Å². The van der Waals surface area contributed by atoms with E-state index in [0.29, 0.717) is 17.1 Å². The molecule has 1 amide bonds. The zero-order valence-corrected chi connectivity index (χ0v) is 12.9. The van der Waals surface area contributed by atoms with Crippen LogP contribution in [-0.4, -0.2) is 34.2 Å². The lowest BCUT2D eigenvalue weighted by molar-refractivity contribution is -0.120. The number of Topliss-reactive ketones (excluding diaryl/α,β-unsaturated/α-hetero) is 1. The van der Waals surface area contributed by atoms with E-state index in [2.05, 4.69) is 4.98 Å². The van der Waals surface area contributed by atoms with Crippen molar-refractivity contribution >= 4 is 23.6 Å². The first-order valence-electron chi connectivity index (χ1n) is 6.77. The standard InChI is InChI=1S/C12H15N3O2S.C2H6/c1-8(16)10-3-2-6-15(10)12(17)9-4-5-11(18-13)14-7-9;1-2/h4-5,7,10H,2-3,6,13H2,1H3;1-2H3. The molecule has 0 aliphatic carbocycles. The number of aromatic nitrogens is 1. The van der Waals surface area contributed by atoms with Crippen molar-refractivity contribution in [1.29, 1.82) is 0 Å². The zero-order chi connectivity index (χ0) is 15.1. The molecule has 0 aromatic carbocycles. The molecule has 110 valence electrons. The molecule has 1 atom stereocenters. The van der Waals surface area contributed by atoms with Crippen LogP contribution in [0.1, 0.15) is 44.0 Å². The molecule has 0 bridgehead atoms. The van der Waals surface area contributed by atoms with E-state index in [-0.39, 0.29) is 17.7 Å². The average molecular weight is 295 g/mol. The Morgan fingerprint density at radius 3 is 2.60 bits per heavy atom. The first kappa shape index (κ1) is 16.7. The van der Waals surface area contributed by atoms with Gasteiger partial charge in [0.15, 0.2) is 5.78 Å². The van der Waals surface area contributed by atoms with Gasteiger partial charge in [0.2, 0.25) is 0 Å². The number of hydrogen-bond donors (Lipinski definition) is 1. The first-order chi connectivity index (χ1) is 9.63. The molecule has 2 rings (SSSR count). The Balaban J connectivity index is 0.000000956. The summed E-state index contributed by atoms with van der Waals surface area (Å²) >= 11 is 1.04.